The number of hydrogen-bond acceptors (Lipinski definition) is 2. The molecule has 0 amide bonds. The number of halogens is 1. The van der Waals surface area contributed by atoms with E-state index in [1.807, 2.05) is 32.0 Å². The van der Waals surface area contributed by atoms with Crippen molar-refractivity contribution in [3.8, 4) is 0 Å². The van der Waals surface area contributed by atoms with Crippen LogP contribution in [0.15, 0.2) is 34.7 Å². The lowest BCUT2D eigenvalue weighted by Crippen LogP contribution is -2.18. The molecule has 0 saturated heterocycles. The molecule has 2 rings (SSSR count). The van der Waals surface area contributed by atoms with Crippen LogP contribution in [0.25, 0.3) is 0 Å². The predicted molar refractivity (Wildman–Crippen MR) is 69.8 cm³/mol. The van der Waals surface area contributed by atoms with Gasteiger partial charge in [-0.15, -0.1) is 0 Å². The average Bonchev–Trinajstić information content (AvgIpc) is 2.74. The van der Waals surface area contributed by atoms with Crippen molar-refractivity contribution in [1.29, 1.82) is 0 Å². The van der Waals surface area contributed by atoms with Gasteiger partial charge in [0.1, 0.15) is 17.3 Å². The Kier molecular flexibility index (Phi) is 3.82. The summed E-state index contributed by atoms with van der Waals surface area (Å²) in [6, 6.07) is 8.94. The fourth-order valence-electron chi connectivity index (χ4n) is 1.91. The number of aryl methyl sites for hydroxylation is 2. The summed E-state index contributed by atoms with van der Waals surface area (Å²) < 4.78 is 18.5. The highest BCUT2D eigenvalue weighted by molar-refractivity contribution is 5.26. The second-order valence-electron chi connectivity index (χ2n) is 4.62. The molecule has 96 valence electrons. The van der Waals surface area contributed by atoms with Crippen LogP contribution in [-0.4, -0.2) is 0 Å². The van der Waals surface area contributed by atoms with Gasteiger partial charge in [0, 0.05) is 6.54 Å². The summed E-state index contributed by atoms with van der Waals surface area (Å²) in [6.07, 6.45) is 0. The zero-order valence-electron chi connectivity index (χ0n) is 11.0. The Labute approximate surface area is 107 Å². The first-order valence-corrected chi connectivity index (χ1v) is 6.11. The number of furan rings is 1. The van der Waals surface area contributed by atoms with Gasteiger partial charge in [-0.25, -0.2) is 4.39 Å². The molecule has 0 aliphatic rings. The molecule has 2 aromatic rings. The van der Waals surface area contributed by atoms with E-state index in [0.717, 1.165) is 22.6 Å². The van der Waals surface area contributed by atoms with Gasteiger partial charge in [-0.2, -0.15) is 0 Å². The minimum absolute atomic E-state index is 0.142. The smallest absolute Gasteiger partial charge is 0.123 e. The van der Waals surface area contributed by atoms with E-state index in [4.69, 9.17) is 4.42 Å². The molecular formula is C15H18FNO. The van der Waals surface area contributed by atoms with Gasteiger partial charge in [-0.1, -0.05) is 6.07 Å². The van der Waals surface area contributed by atoms with E-state index in [2.05, 4.69) is 12.2 Å². The molecule has 1 aromatic carbocycles. The Morgan fingerprint density at radius 1 is 1.22 bits per heavy atom. The van der Waals surface area contributed by atoms with Gasteiger partial charge in [-0.3, -0.25) is 0 Å². The third-order valence-corrected chi connectivity index (χ3v) is 3.09. The van der Waals surface area contributed by atoms with E-state index in [1.54, 1.807) is 6.07 Å². The summed E-state index contributed by atoms with van der Waals surface area (Å²) in [5.74, 6) is 1.65. The molecule has 18 heavy (non-hydrogen) atoms. The topological polar surface area (TPSA) is 25.2 Å². The maximum atomic E-state index is 13.0. The van der Waals surface area contributed by atoms with Gasteiger partial charge in [0.05, 0.1) is 6.04 Å². The summed E-state index contributed by atoms with van der Waals surface area (Å²) in [5, 5.41) is 3.37. The highest BCUT2D eigenvalue weighted by Crippen LogP contribution is 2.17. The summed E-state index contributed by atoms with van der Waals surface area (Å²) in [4.78, 5) is 0. The van der Waals surface area contributed by atoms with Gasteiger partial charge >= 0.3 is 0 Å². The Hall–Kier alpha value is -1.61. The van der Waals surface area contributed by atoms with Gasteiger partial charge < -0.3 is 9.73 Å². The lowest BCUT2D eigenvalue weighted by atomic mass is 10.1. The molecule has 0 fully saturated rings. The average molecular weight is 247 g/mol. The number of hydrogen-bond donors (Lipinski definition) is 1. The zero-order chi connectivity index (χ0) is 13.1. The second-order valence-corrected chi connectivity index (χ2v) is 4.62. The van der Waals surface area contributed by atoms with Crippen molar-refractivity contribution in [2.75, 3.05) is 0 Å². The van der Waals surface area contributed by atoms with Crippen molar-refractivity contribution >= 4 is 0 Å². The van der Waals surface area contributed by atoms with E-state index in [1.165, 1.54) is 6.07 Å². The van der Waals surface area contributed by atoms with Crippen molar-refractivity contribution in [3.05, 3.63) is 58.8 Å². The summed E-state index contributed by atoms with van der Waals surface area (Å²) in [7, 11) is 0. The molecule has 1 N–H and O–H groups in total. The van der Waals surface area contributed by atoms with Crippen molar-refractivity contribution in [1.82, 2.24) is 5.32 Å². The lowest BCUT2D eigenvalue weighted by molar-refractivity contribution is 0.415. The molecule has 0 bridgehead atoms. The van der Waals surface area contributed by atoms with E-state index < -0.39 is 0 Å². The highest BCUT2D eigenvalue weighted by atomic mass is 19.1. The minimum atomic E-state index is -0.189. The number of rotatable bonds is 4. The normalized spacial score (nSPS) is 12.7. The fraction of sp³-hybridized carbons (Fsp3) is 0.333. The molecule has 0 spiro atoms. The summed E-state index contributed by atoms with van der Waals surface area (Å²) >= 11 is 0. The number of nitrogens with one attached hydrogen (secondary N) is 1. The molecule has 2 nitrogen and oxygen atoms in total. The molecule has 0 aliphatic carbocycles. The molecule has 1 aromatic heterocycles. The lowest BCUT2D eigenvalue weighted by Gasteiger charge is -2.13. The maximum Gasteiger partial charge on any atom is 0.123 e. The molecule has 1 heterocycles. The molecule has 1 unspecified atom stereocenters. The maximum absolute atomic E-state index is 13.0. The predicted octanol–water partition coefficient (Wildman–Crippen LogP) is 3.89. The van der Waals surface area contributed by atoms with E-state index in [9.17, 15) is 4.39 Å². The van der Waals surface area contributed by atoms with Crippen LogP contribution in [0.3, 0.4) is 0 Å². The Balaban J connectivity index is 1.99. The SMILES string of the molecule is Cc1ccc(C(C)NCc2ccc(F)cc2C)o1. The van der Waals surface area contributed by atoms with Crippen LogP contribution in [0.5, 0.6) is 0 Å². The molecule has 0 saturated carbocycles. The third-order valence-electron chi connectivity index (χ3n) is 3.09. The Bertz CT molecular complexity index is 533. The monoisotopic (exact) mass is 247 g/mol. The van der Waals surface area contributed by atoms with Crippen molar-refractivity contribution in [2.45, 2.75) is 33.4 Å². The molecule has 0 radical (unpaired) electrons. The van der Waals surface area contributed by atoms with Crippen LogP contribution in [-0.2, 0) is 6.54 Å². The summed E-state index contributed by atoms with van der Waals surface area (Å²) in [5.41, 5.74) is 2.07. The van der Waals surface area contributed by atoms with Gasteiger partial charge in [0.2, 0.25) is 0 Å². The number of benzene rings is 1. The van der Waals surface area contributed by atoms with Gasteiger partial charge in [0.25, 0.3) is 0 Å². The molecule has 1 atom stereocenters. The first-order chi connectivity index (χ1) is 8.56. The standard InChI is InChI=1S/C15H18FNO/c1-10-8-14(16)6-5-13(10)9-17-12(3)15-7-4-11(2)18-15/h4-8,12,17H,9H2,1-3H3. The Morgan fingerprint density at radius 2 is 2.00 bits per heavy atom. The zero-order valence-corrected chi connectivity index (χ0v) is 11.0. The quantitative estimate of drug-likeness (QED) is 0.886. The van der Waals surface area contributed by atoms with E-state index in [-0.39, 0.29) is 11.9 Å². The molecule has 0 aliphatic heterocycles. The Morgan fingerprint density at radius 3 is 2.61 bits per heavy atom. The van der Waals surface area contributed by atoms with Crippen molar-refractivity contribution in [3.63, 3.8) is 0 Å². The first kappa shape index (κ1) is 12.8. The van der Waals surface area contributed by atoms with Gasteiger partial charge in [-0.05, 0) is 56.2 Å². The van der Waals surface area contributed by atoms with Crippen LogP contribution in [0.2, 0.25) is 0 Å². The largest absolute Gasteiger partial charge is 0.465 e. The molecular weight excluding hydrogens is 229 g/mol. The van der Waals surface area contributed by atoms with E-state index >= 15 is 0 Å². The van der Waals surface area contributed by atoms with Crippen LogP contribution in [0, 0.1) is 19.7 Å². The van der Waals surface area contributed by atoms with Crippen molar-refractivity contribution < 1.29 is 8.81 Å². The fourth-order valence-corrected chi connectivity index (χ4v) is 1.91. The summed E-state index contributed by atoms with van der Waals surface area (Å²) in [6.45, 7) is 6.60. The molecule has 3 heteroatoms. The first-order valence-electron chi connectivity index (χ1n) is 6.11. The van der Waals surface area contributed by atoms with Gasteiger partial charge in [0.15, 0.2) is 0 Å². The highest BCUT2D eigenvalue weighted by Gasteiger charge is 2.09. The minimum Gasteiger partial charge on any atom is -0.465 e. The van der Waals surface area contributed by atoms with Crippen LogP contribution < -0.4 is 5.32 Å². The second kappa shape index (κ2) is 5.36. The van der Waals surface area contributed by atoms with E-state index in [0.29, 0.717) is 6.54 Å². The third kappa shape index (κ3) is 2.99. The van der Waals surface area contributed by atoms with Crippen LogP contribution in [0.1, 0.15) is 35.6 Å². The van der Waals surface area contributed by atoms with Crippen molar-refractivity contribution in [2.24, 2.45) is 0 Å². The van der Waals surface area contributed by atoms with Crippen LogP contribution in [0.4, 0.5) is 4.39 Å². The van der Waals surface area contributed by atoms with Crippen LogP contribution >= 0.6 is 0 Å².